The molecule has 3 atom stereocenters. The number of likely N-dealkylation sites (tertiary alicyclic amines) is 2. The number of amides is 4. The third kappa shape index (κ3) is 4.68. The Labute approximate surface area is 219 Å². The molecule has 0 N–H and O–H groups in total. The Morgan fingerprint density at radius 2 is 1.19 bits per heavy atom. The fourth-order valence-corrected chi connectivity index (χ4v) is 6.34. The van der Waals surface area contributed by atoms with Gasteiger partial charge in [-0.3, -0.25) is 4.90 Å². The third-order valence-corrected chi connectivity index (χ3v) is 8.16. The first-order valence-electron chi connectivity index (χ1n) is 13.5. The Balaban J connectivity index is 1.19. The number of piperidine rings is 1. The number of urea groups is 2. The zero-order valence-electron chi connectivity index (χ0n) is 21.2. The lowest BCUT2D eigenvalue weighted by Gasteiger charge is -2.51. The summed E-state index contributed by atoms with van der Waals surface area (Å²) in [6, 6.07) is 30.5. The van der Waals surface area contributed by atoms with Crippen molar-refractivity contribution in [3.05, 3.63) is 96.6 Å². The van der Waals surface area contributed by atoms with Crippen molar-refractivity contribution in [2.45, 2.75) is 43.7 Å². The van der Waals surface area contributed by atoms with Crippen LogP contribution in [0.2, 0.25) is 0 Å². The van der Waals surface area contributed by atoms with Crippen molar-refractivity contribution in [2.75, 3.05) is 31.1 Å². The molecule has 0 aromatic heterocycles. The van der Waals surface area contributed by atoms with E-state index in [0.717, 1.165) is 50.1 Å². The van der Waals surface area contributed by atoms with Gasteiger partial charge in [-0.25, -0.2) is 9.59 Å². The quantitative estimate of drug-likeness (QED) is 0.442. The minimum atomic E-state index is -0.0216. The van der Waals surface area contributed by atoms with Crippen LogP contribution in [0.15, 0.2) is 91.0 Å². The molecule has 0 radical (unpaired) electrons. The summed E-state index contributed by atoms with van der Waals surface area (Å²) >= 11 is 0. The van der Waals surface area contributed by atoms with Gasteiger partial charge < -0.3 is 14.7 Å². The molecule has 3 saturated heterocycles. The zero-order valence-corrected chi connectivity index (χ0v) is 21.2. The lowest BCUT2D eigenvalue weighted by Crippen LogP contribution is -2.66. The molecule has 3 fully saturated rings. The maximum atomic E-state index is 14.0. The van der Waals surface area contributed by atoms with E-state index in [2.05, 4.69) is 29.2 Å². The summed E-state index contributed by atoms with van der Waals surface area (Å²) < 4.78 is 0. The predicted molar refractivity (Wildman–Crippen MR) is 146 cm³/mol. The number of carbonyl (C=O) groups is 2. The van der Waals surface area contributed by atoms with Gasteiger partial charge in [0.05, 0.1) is 23.5 Å². The zero-order chi connectivity index (χ0) is 25.2. The molecule has 190 valence electrons. The molecule has 0 aliphatic carbocycles. The van der Waals surface area contributed by atoms with E-state index < -0.39 is 0 Å². The van der Waals surface area contributed by atoms with Crippen LogP contribution in [0.5, 0.6) is 0 Å². The van der Waals surface area contributed by atoms with Gasteiger partial charge in [-0.15, -0.1) is 0 Å². The molecule has 3 aromatic rings. The third-order valence-electron chi connectivity index (χ3n) is 8.16. The monoisotopic (exact) mass is 494 g/mol. The molecule has 3 aromatic carbocycles. The number of para-hydroxylation sites is 2. The standard InChI is InChI=1S/C31H34N4O2/c36-30(32-20-19-25(21-32)24-11-4-1-5-12-24)35-28-17-10-18-29(35)23-33(22-28)31(37)34(26-13-6-2-7-14-26)27-15-8-3-9-16-27/h1-9,11-16,25,28-29H,10,17-23H2/t25?,28-,29+. The number of benzene rings is 3. The molecule has 3 aliphatic heterocycles. The second kappa shape index (κ2) is 10.3. The Hall–Kier alpha value is -3.80. The van der Waals surface area contributed by atoms with E-state index in [9.17, 15) is 9.59 Å². The summed E-state index contributed by atoms with van der Waals surface area (Å²) in [5.74, 6) is 0.401. The summed E-state index contributed by atoms with van der Waals surface area (Å²) in [4.78, 5) is 35.7. The lowest BCUT2D eigenvalue weighted by molar-refractivity contribution is 0.0241. The molecule has 0 spiro atoms. The van der Waals surface area contributed by atoms with Gasteiger partial charge in [0.1, 0.15) is 0 Å². The molecule has 0 saturated carbocycles. The van der Waals surface area contributed by atoms with Crippen LogP contribution in [-0.2, 0) is 0 Å². The second-order valence-electron chi connectivity index (χ2n) is 10.5. The van der Waals surface area contributed by atoms with Crippen LogP contribution in [0, 0.1) is 0 Å². The number of fused-ring (bicyclic) bond motifs is 2. The molecule has 4 amide bonds. The largest absolute Gasteiger partial charge is 0.329 e. The first-order valence-corrected chi connectivity index (χ1v) is 13.5. The summed E-state index contributed by atoms with van der Waals surface area (Å²) in [5.41, 5.74) is 3.02. The van der Waals surface area contributed by atoms with Crippen LogP contribution in [-0.4, -0.2) is 65.0 Å². The van der Waals surface area contributed by atoms with Crippen molar-refractivity contribution < 1.29 is 9.59 Å². The van der Waals surface area contributed by atoms with Gasteiger partial charge in [-0.05, 0) is 55.5 Å². The summed E-state index contributed by atoms with van der Waals surface area (Å²) in [7, 11) is 0. The van der Waals surface area contributed by atoms with Crippen LogP contribution in [0.25, 0.3) is 0 Å². The van der Waals surface area contributed by atoms with Gasteiger partial charge in [0.25, 0.3) is 0 Å². The lowest BCUT2D eigenvalue weighted by atomic mass is 9.91. The van der Waals surface area contributed by atoms with E-state index in [-0.39, 0.29) is 24.1 Å². The topological polar surface area (TPSA) is 47.1 Å². The molecule has 37 heavy (non-hydrogen) atoms. The van der Waals surface area contributed by atoms with E-state index in [1.807, 2.05) is 76.5 Å². The number of hydrogen-bond donors (Lipinski definition) is 0. The molecule has 3 aliphatic rings. The van der Waals surface area contributed by atoms with Gasteiger partial charge in [0.2, 0.25) is 0 Å². The minimum absolute atomic E-state index is 0.0216. The van der Waals surface area contributed by atoms with Gasteiger partial charge in [0.15, 0.2) is 0 Å². The van der Waals surface area contributed by atoms with E-state index in [1.165, 1.54) is 5.56 Å². The van der Waals surface area contributed by atoms with Crippen LogP contribution < -0.4 is 4.90 Å². The molecule has 6 heteroatoms. The number of nitrogens with zero attached hydrogens (tertiary/aromatic N) is 4. The van der Waals surface area contributed by atoms with Crippen molar-refractivity contribution in [3.8, 4) is 0 Å². The maximum Gasteiger partial charge on any atom is 0.329 e. The summed E-state index contributed by atoms with van der Waals surface area (Å²) in [6.45, 7) is 2.73. The molecule has 2 bridgehead atoms. The molecule has 6 rings (SSSR count). The van der Waals surface area contributed by atoms with Crippen molar-refractivity contribution in [2.24, 2.45) is 0 Å². The van der Waals surface area contributed by atoms with Gasteiger partial charge in [0, 0.05) is 32.1 Å². The Morgan fingerprint density at radius 3 is 1.76 bits per heavy atom. The highest BCUT2D eigenvalue weighted by Gasteiger charge is 2.44. The van der Waals surface area contributed by atoms with Gasteiger partial charge in [-0.1, -0.05) is 66.7 Å². The fraction of sp³-hybridized carbons (Fsp3) is 0.355. The van der Waals surface area contributed by atoms with Crippen LogP contribution in [0.4, 0.5) is 21.0 Å². The first-order chi connectivity index (χ1) is 18.2. The van der Waals surface area contributed by atoms with Gasteiger partial charge >= 0.3 is 12.1 Å². The van der Waals surface area contributed by atoms with Crippen molar-refractivity contribution >= 4 is 23.4 Å². The highest BCUT2D eigenvalue weighted by Crippen LogP contribution is 2.35. The fourth-order valence-electron chi connectivity index (χ4n) is 6.34. The number of hydrogen-bond acceptors (Lipinski definition) is 2. The minimum Gasteiger partial charge on any atom is -0.324 e. The van der Waals surface area contributed by atoms with Crippen LogP contribution in [0.3, 0.4) is 0 Å². The number of anilines is 2. The predicted octanol–water partition coefficient (Wildman–Crippen LogP) is 6.09. The number of carbonyl (C=O) groups excluding carboxylic acids is 2. The van der Waals surface area contributed by atoms with E-state index >= 15 is 0 Å². The SMILES string of the molecule is O=C(N1C[C@H]2CCC[C@@H](C1)N2C(=O)N1CCC(c2ccccc2)C1)N(c1ccccc1)c1ccccc1. The van der Waals surface area contributed by atoms with E-state index in [1.54, 1.807) is 4.90 Å². The molecule has 3 heterocycles. The molecular weight excluding hydrogens is 460 g/mol. The second-order valence-corrected chi connectivity index (χ2v) is 10.5. The van der Waals surface area contributed by atoms with Gasteiger partial charge in [-0.2, -0.15) is 0 Å². The number of piperazine rings is 1. The van der Waals surface area contributed by atoms with Crippen molar-refractivity contribution in [1.82, 2.24) is 14.7 Å². The smallest absolute Gasteiger partial charge is 0.324 e. The Kier molecular flexibility index (Phi) is 6.56. The maximum absolute atomic E-state index is 14.0. The first kappa shape index (κ1) is 23.6. The summed E-state index contributed by atoms with van der Waals surface area (Å²) in [6.07, 6.45) is 4.00. The summed E-state index contributed by atoms with van der Waals surface area (Å²) in [5, 5.41) is 0. The van der Waals surface area contributed by atoms with E-state index in [0.29, 0.717) is 19.0 Å². The van der Waals surface area contributed by atoms with E-state index in [4.69, 9.17) is 0 Å². The normalized spacial score (nSPS) is 23.1. The van der Waals surface area contributed by atoms with Crippen LogP contribution >= 0.6 is 0 Å². The number of rotatable bonds is 3. The average Bonchev–Trinajstić information content (AvgIpc) is 3.44. The van der Waals surface area contributed by atoms with Crippen molar-refractivity contribution in [1.29, 1.82) is 0 Å². The molecule has 6 nitrogen and oxygen atoms in total. The Bertz CT molecular complexity index is 1170. The molecular formula is C31H34N4O2. The Morgan fingerprint density at radius 1 is 0.649 bits per heavy atom. The van der Waals surface area contributed by atoms with Crippen molar-refractivity contribution in [3.63, 3.8) is 0 Å². The van der Waals surface area contributed by atoms with Crippen LogP contribution in [0.1, 0.15) is 37.2 Å². The highest BCUT2D eigenvalue weighted by molar-refractivity contribution is 5.99. The molecule has 1 unspecified atom stereocenters. The highest BCUT2D eigenvalue weighted by atomic mass is 16.2. The average molecular weight is 495 g/mol.